The van der Waals surface area contributed by atoms with E-state index in [-0.39, 0.29) is 0 Å². The van der Waals surface area contributed by atoms with Crippen molar-refractivity contribution in [2.24, 2.45) is 0 Å². The Morgan fingerprint density at radius 2 is 0.733 bits per heavy atom. The van der Waals surface area contributed by atoms with Gasteiger partial charge < -0.3 is 0 Å². The van der Waals surface area contributed by atoms with E-state index in [0.717, 1.165) is 33.4 Å². The monoisotopic (exact) mass is 385 g/mol. The van der Waals surface area contributed by atoms with E-state index in [1.165, 1.54) is 0 Å². The maximum absolute atomic E-state index is 4.86. The van der Waals surface area contributed by atoms with Gasteiger partial charge in [0.2, 0.25) is 0 Å². The van der Waals surface area contributed by atoms with E-state index < -0.39 is 0 Å². The minimum absolute atomic E-state index is 0.669. The van der Waals surface area contributed by atoms with Crippen molar-refractivity contribution in [3.05, 3.63) is 116 Å². The van der Waals surface area contributed by atoms with Gasteiger partial charge in [-0.25, -0.2) is 15.0 Å². The van der Waals surface area contributed by atoms with E-state index >= 15 is 0 Å². The van der Waals surface area contributed by atoms with Gasteiger partial charge in [-0.05, 0) is 22.3 Å². The Labute approximate surface area is 175 Å². The zero-order chi connectivity index (χ0) is 20.2. The van der Waals surface area contributed by atoms with Crippen LogP contribution in [0.4, 0.5) is 0 Å². The van der Waals surface area contributed by atoms with E-state index in [0.29, 0.717) is 11.6 Å². The van der Waals surface area contributed by atoms with Crippen molar-refractivity contribution in [2.75, 3.05) is 0 Å². The molecular weight excluding hydrogens is 366 g/mol. The highest BCUT2D eigenvalue weighted by Gasteiger charge is 2.13. The molecule has 5 aromatic rings. The second-order valence-electron chi connectivity index (χ2n) is 6.96. The number of rotatable bonds is 4. The molecular formula is C27H19N3. The minimum atomic E-state index is 0.669. The molecule has 5 rings (SSSR count). The van der Waals surface area contributed by atoms with Crippen molar-refractivity contribution in [1.29, 1.82) is 0 Å². The average molecular weight is 385 g/mol. The zero-order valence-corrected chi connectivity index (χ0v) is 16.3. The molecule has 0 aliphatic heterocycles. The summed E-state index contributed by atoms with van der Waals surface area (Å²) in [6, 6.07) is 37.1. The second-order valence-corrected chi connectivity index (χ2v) is 6.96. The van der Waals surface area contributed by atoms with Gasteiger partial charge in [0.1, 0.15) is 6.33 Å². The fourth-order valence-electron chi connectivity index (χ4n) is 3.65. The molecule has 0 aliphatic carbocycles. The molecule has 3 nitrogen and oxygen atoms in total. The number of aromatic nitrogens is 3. The third-order valence-corrected chi connectivity index (χ3v) is 5.08. The molecule has 0 radical (unpaired) electrons. The number of hydrogen-bond donors (Lipinski definition) is 0. The minimum Gasteiger partial charge on any atom is -0.216 e. The lowest BCUT2D eigenvalue weighted by molar-refractivity contribution is 1.07. The molecule has 1 heterocycles. The molecule has 0 N–H and O–H groups in total. The van der Waals surface area contributed by atoms with E-state index in [1.54, 1.807) is 6.33 Å². The predicted octanol–water partition coefficient (Wildman–Crippen LogP) is 6.54. The average Bonchev–Trinajstić information content (AvgIpc) is 2.85. The summed E-state index contributed by atoms with van der Waals surface area (Å²) in [5.74, 6) is 1.34. The van der Waals surface area contributed by atoms with Crippen molar-refractivity contribution >= 4 is 0 Å². The molecule has 0 amide bonds. The van der Waals surface area contributed by atoms with Gasteiger partial charge in [0.05, 0.1) is 0 Å². The Morgan fingerprint density at radius 1 is 0.367 bits per heavy atom. The predicted molar refractivity (Wildman–Crippen MR) is 122 cm³/mol. The van der Waals surface area contributed by atoms with Gasteiger partial charge in [0.25, 0.3) is 0 Å². The Hall–Kier alpha value is -4.11. The molecule has 0 bridgehead atoms. The van der Waals surface area contributed by atoms with Crippen LogP contribution in [0.2, 0.25) is 0 Å². The van der Waals surface area contributed by atoms with Crippen molar-refractivity contribution < 1.29 is 0 Å². The highest BCUT2D eigenvalue weighted by Crippen LogP contribution is 2.33. The summed E-state index contributed by atoms with van der Waals surface area (Å²) < 4.78 is 0. The van der Waals surface area contributed by atoms with Gasteiger partial charge in [-0.3, -0.25) is 0 Å². The van der Waals surface area contributed by atoms with Crippen LogP contribution in [0.1, 0.15) is 0 Å². The van der Waals surface area contributed by atoms with Crippen LogP contribution < -0.4 is 0 Å². The van der Waals surface area contributed by atoms with Crippen molar-refractivity contribution in [3.63, 3.8) is 0 Å². The van der Waals surface area contributed by atoms with Crippen LogP contribution in [-0.2, 0) is 0 Å². The zero-order valence-electron chi connectivity index (χ0n) is 16.3. The van der Waals surface area contributed by atoms with Crippen molar-refractivity contribution in [2.45, 2.75) is 0 Å². The van der Waals surface area contributed by atoms with Crippen molar-refractivity contribution in [3.8, 4) is 45.0 Å². The van der Waals surface area contributed by atoms with E-state index in [2.05, 4.69) is 58.5 Å². The molecule has 30 heavy (non-hydrogen) atoms. The molecule has 0 spiro atoms. The summed E-state index contributed by atoms with van der Waals surface area (Å²) in [4.78, 5) is 13.9. The molecule has 0 aliphatic rings. The Morgan fingerprint density at radius 3 is 1.17 bits per heavy atom. The second kappa shape index (κ2) is 8.10. The fraction of sp³-hybridized carbons (Fsp3) is 0. The number of benzene rings is 4. The summed E-state index contributed by atoms with van der Waals surface area (Å²) in [6.45, 7) is 0. The maximum Gasteiger partial charge on any atom is 0.163 e. The SMILES string of the molecule is c1ccc(-c2ccccc2-c2ncnc(-c3ccccc3-c3ccccc3)n2)cc1. The lowest BCUT2D eigenvalue weighted by Gasteiger charge is -2.11. The number of nitrogens with zero attached hydrogens (tertiary/aromatic N) is 3. The lowest BCUT2D eigenvalue weighted by atomic mass is 9.98. The molecule has 0 saturated heterocycles. The van der Waals surface area contributed by atoms with Crippen LogP contribution in [-0.4, -0.2) is 15.0 Å². The van der Waals surface area contributed by atoms with Gasteiger partial charge >= 0.3 is 0 Å². The summed E-state index contributed by atoms with van der Waals surface area (Å²) in [5.41, 5.74) is 6.46. The highest BCUT2D eigenvalue weighted by atomic mass is 15.0. The summed E-state index contributed by atoms with van der Waals surface area (Å²) in [5, 5.41) is 0. The maximum atomic E-state index is 4.86. The first-order valence-electron chi connectivity index (χ1n) is 9.89. The topological polar surface area (TPSA) is 38.7 Å². The number of hydrogen-bond acceptors (Lipinski definition) is 3. The third-order valence-electron chi connectivity index (χ3n) is 5.08. The first-order chi connectivity index (χ1) is 14.9. The molecule has 0 unspecified atom stereocenters. The van der Waals surface area contributed by atoms with Crippen LogP contribution in [0.15, 0.2) is 116 Å². The first-order valence-corrected chi connectivity index (χ1v) is 9.89. The van der Waals surface area contributed by atoms with Gasteiger partial charge in [-0.1, -0.05) is 109 Å². The molecule has 4 aromatic carbocycles. The van der Waals surface area contributed by atoms with Crippen LogP contribution in [0.25, 0.3) is 45.0 Å². The fourth-order valence-corrected chi connectivity index (χ4v) is 3.65. The van der Waals surface area contributed by atoms with E-state index in [4.69, 9.17) is 4.98 Å². The molecule has 0 saturated carbocycles. The van der Waals surface area contributed by atoms with Crippen LogP contribution >= 0.6 is 0 Å². The van der Waals surface area contributed by atoms with E-state index in [1.807, 2.05) is 60.7 Å². The van der Waals surface area contributed by atoms with Gasteiger partial charge in [-0.2, -0.15) is 0 Å². The lowest BCUT2D eigenvalue weighted by Crippen LogP contribution is -1.97. The largest absolute Gasteiger partial charge is 0.216 e. The van der Waals surface area contributed by atoms with Gasteiger partial charge in [-0.15, -0.1) is 0 Å². The molecule has 0 fully saturated rings. The van der Waals surface area contributed by atoms with E-state index in [9.17, 15) is 0 Å². The molecule has 1 aromatic heterocycles. The molecule has 142 valence electrons. The Kier molecular flexibility index (Phi) is 4.84. The van der Waals surface area contributed by atoms with Gasteiger partial charge in [0, 0.05) is 11.1 Å². The van der Waals surface area contributed by atoms with Crippen molar-refractivity contribution in [1.82, 2.24) is 15.0 Å². The molecule has 0 atom stereocenters. The normalized spacial score (nSPS) is 10.7. The van der Waals surface area contributed by atoms with Crippen LogP contribution in [0, 0.1) is 0 Å². The quantitative estimate of drug-likeness (QED) is 0.352. The third kappa shape index (κ3) is 3.49. The smallest absolute Gasteiger partial charge is 0.163 e. The van der Waals surface area contributed by atoms with Crippen LogP contribution in [0.3, 0.4) is 0 Å². The summed E-state index contributed by atoms with van der Waals surface area (Å²) in [7, 11) is 0. The van der Waals surface area contributed by atoms with Gasteiger partial charge in [0.15, 0.2) is 11.6 Å². The Balaban J connectivity index is 1.64. The highest BCUT2D eigenvalue weighted by molar-refractivity contribution is 5.83. The first kappa shape index (κ1) is 18.0. The summed E-state index contributed by atoms with van der Waals surface area (Å²) in [6.07, 6.45) is 1.60. The van der Waals surface area contributed by atoms with Crippen LogP contribution in [0.5, 0.6) is 0 Å². The Bertz CT molecular complexity index is 1180. The molecule has 3 heteroatoms. The summed E-state index contributed by atoms with van der Waals surface area (Å²) >= 11 is 0. The standard InChI is InChI=1S/C27H19N3/c1-3-11-20(12-4-1)22-15-7-9-17-24(22)26-28-19-29-27(30-26)25-18-10-8-16-23(25)21-13-5-2-6-14-21/h1-19H.